The van der Waals surface area contributed by atoms with Crippen molar-refractivity contribution in [2.75, 3.05) is 30.1 Å². The van der Waals surface area contributed by atoms with E-state index in [4.69, 9.17) is 21.1 Å². The first-order valence-electron chi connectivity index (χ1n) is 8.82. The van der Waals surface area contributed by atoms with E-state index in [9.17, 15) is 18.0 Å². The van der Waals surface area contributed by atoms with Gasteiger partial charge in [-0.1, -0.05) is 17.7 Å². The Morgan fingerprint density at radius 2 is 1.80 bits per heavy atom. The summed E-state index contributed by atoms with van der Waals surface area (Å²) in [6.07, 6.45) is 0.998. The van der Waals surface area contributed by atoms with Crippen molar-refractivity contribution in [2.24, 2.45) is 0 Å². The molecule has 2 aromatic rings. The number of nitrogens with zero attached hydrogens (tertiary/aromatic N) is 1. The van der Waals surface area contributed by atoms with Crippen LogP contribution >= 0.6 is 11.6 Å². The Labute approximate surface area is 180 Å². The van der Waals surface area contributed by atoms with Gasteiger partial charge in [-0.15, -0.1) is 0 Å². The SMILES string of the molecule is COC(=O)c1ccc(C)c(NC(=O)[C@H](C)N(c2ccc(OC)c(Cl)c2)S(C)(=O)=O)c1. The van der Waals surface area contributed by atoms with Crippen molar-refractivity contribution in [3.05, 3.63) is 52.5 Å². The minimum absolute atomic E-state index is 0.206. The first kappa shape index (κ1) is 23.5. The van der Waals surface area contributed by atoms with E-state index in [0.717, 1.165) is 10.6 Å². The number of rotatable bonds is 7. The second kappa shape index (κ2) is 9.36. The van der Waals surface area contributed by atoms with Gasteiger partial charge >= 0.3 is 5.97 Å². The number of esters is 1. The molecule has 0 unspecified atom stereocenters. The molecule has 0 bridgehead atoms. The average Bonchev–Trinajstić information content (AvgIpc) is 2.68. The lowest BCUT2D eigenvalue weighted by Gasteiger charge is -2.28. The van der Waals surface area contributed by atoms with Crippen molar-refractivity contribution in [2.45, 2.75) is 19.9 Å². The summed E-state index contributed by atoms with van der Waals surface area (Å²) >= 11 is 6.13. The van der Waals surface area contributed by atoms with E-state index in [1.54, 1.807) is 19.1 Å². The number of nitrogens with one attached hydrogen (secondary N) is 1. The van der Waals surface area contributed by atoms with Crippen LogP contribution in [0, 0.1) is 6.92 Å². The molecular weight excluding hydrogens is 432 g/mol. The van der Waals surface area contributed by atoms with Crippen LogP contribution in [-0.4, -0.2) is 46.8 Å². The molecule has 0 radical (unpaired) electrons. The van der Waals surface area contributed by atoms with Crippen LogP contribution in [0.5, 0.6) is 5.75 Å². The van der Waals surface area contributed by atoms with Crippen LogP contribution in [0.2, 0.25) is 5.02 Å². The monoisotopic (exact) mass is 454 g/mol. The van der Waals surface area contributed by atoms with Crippen LogP contribution in [0.4, 0.5) is 11.4 Å². The zero-order chi connectivity index (χ0) is 22.6. The minimum atomic E-state index is -3.83. The normalized spacial score (nSPS) is 12.1. The van der Waals surface area contributed by atoms with Crippen LogP contribution in [0.15, 0.2) is 36.4 Å². The van der Waals surface area contributed by atoms with Crippen molar-refractivity contribution >= 4 is 44.9 Å². The molecule has 2 rings (SSSR count). The number of methoxy groups -OCH3 is 2. The Bertz CT molecular complexity index is 1070. The van der Waals surface area contributed by atoms with E-state index in [0.29, 0.717) is 17.0 Å². The fourth-order valence-corrected chi connectivity index (χ4v) is 4.26. The fraction of sp³-hybridized carbons (Fsp3) is 0.300. The van der Waals surface area contributed by atoms with Crippen molar-refractivity contribution < 1.29 is 27.5 Å². The lowest BCUT2D eigenvalue weighted by molar-refractivity contribution is -0.116. The van der Waals surface area contributed by atoms with E-state index in [1.807, 2.05) is 0 Å². The van der Waals surface area contributed by atoms with Crippen LogP contribution in [-0.2, 0) is 19.6 Å². The summed E-state index contributed by atoms with van der Waals surface area (Å²) < 4.78 is 35.7. The fourth-order valence-electron chi connectivity index (χ4n) is 2.84. The summed E-state index contributed by atoms with van der Waals surface area (Å²) in [4.78, 5) is 24.7. The molecule has 0 saturated carbocycles. The molecule has 0 saturated heterocycles. The number of ether oxygens (including phenoxy) is 2. The lowest BCUT2D eigenvalue weighted by atomic mass is 10.1. The smallest absolute Gasteiger partial charge is 0.337 e. The van der Waals surface area contributed by atoms with Crippen molar-refractivity contribution in [3.8, 4) is 5.75 Å². The summed E-state index contributed by atoms with van der Waals surface area (Å²) in [6.45, 7) is 3.20. The summed E-state index contributed by atoms with van der Waals surface area (Å²) in [7, 11) is -1.13. The highest BCUT2D eigenvalue weighted by molar-refractivity contribution is 7.92. The van der Waals surface area contributed by atoms with Gasteiger partial charge in [-0.05, 0) is 49.7 Å². The molecule has 0 aliphatic carbocycles. The highest BCUT2D eigenvalue weighted by Gasteiger charge is 2.30. The number of sulfonamides is 1. The minimum Gasteiger partial charge on any atom is -0.495 e. The molecule has 0 heterocycles. The first-order valence-corrected chi connectivity index (χ1v) is 11.0. The van der Waals surface area contributed by atoms with Crippen LogP contribution < -0.4 is 14.4 Å². The summed E-state index contributed by atoms with van der Waals surface area (Å²) in [5, 5.41) is 2.88. The van der Waals surface area contributed by atoms with Gasteiger partial charge in [0.05, 0.1) is 36.7 Å². The quantitative estimate of drug-likeness (QED) is 0.644. The van der Waals surface area contributed by atoms with Crippen molar-refractivity contribution in [1.29, 1.82) is 0 Å². The number of benzene rings is 2. The van der Waals surface area contributed by atoms with Gasteiger partial charge in [0.15, 0.2) is 0 Å². The molecule has 0 aliphatic heterocycles. The molecule has 0 aliphatic rings. The third-order valence-electron chi connectivity index (χ3n) is 4.39. The Balaban J connectivity index is 2.38. The highest BCUT2D eigenvalue weighted by Crippen LogP contribution is 2.31. The maximum absolute atomic E-state index is 12.9. The number of carbonyl (C=O) groups is 2. The van der Waals surface area contributed by atoms with Gasteiger partial charge < -0.3 is 14.8 Å². The third-order valence-corrected chi connectivity index (χ3v) is 5.93. The van der Waals surface area contributed by atoms with Gasteiger partial charge in [0.1, 0.15) is 11.8 Å². The zero-order valence-corrected chi connectivity index (χ0v) is 18.8. The second-order valence-electron chi connectivity index (χ2n) is 6.56. The standard InChI is InChI=1S/C20H23ClN2O6S/c1-12-6-7-14(20(25)29-4)10-17(12)22-19(24)13(2)23(30(5,26)27)15-8-9-18(28-3)16(21)11-15/h6-11,13H,1-5H3,(H,22,24)/t13-/m0/s1. The average molecular weight is 455 g/mol. The predicted octanol–water partition coefficient (Wildman–Crippen LogP) is 3.24. The molecule has 1 N–H and O–H groups in total. The Morgan fingerprint density at radius 1 is 1.13 bits per heavy atom. The van der Waals surface area contributed by atoms with E-state index < -0.39 is 27.9 Å². The van der Waals surface area contributed by atoms with Gasteiger partial charge in [-0.2, -0.15) is 0 Å². The number of halogens is 1. The molecule has 10 heteroatoms. The van der Waals surface area contributed by atoms with E-state index in [-0.39, 0.29) is 16.3 Å². The zero-order valence-electron chi connectivity index (χ0n) is 17.2. The van der Waals surface area contributed by atoms with Gasteiger partial charge in [0.2, 0.25) is 15.9 Å². The molecule has 8 nitrogen and oxygen atoms in total. The van der Waals surface area contributed by atoms with Gasteiger partial charge in [0.25, 0.3) is 0 Å². The largest absolute Gasteiger partial charge is 0.495 e. The van der Waals surface area contributed by atoms with Crippen LogP contribution in [0.25, 0.3) is 0 Å². The van der Waals surface area contributed by atoms with Gasteiger partial charge in [-0.3, -0.25) is 9.10 Å². The molecular formula is C20H23ClN2O6S. The molecule has 162 valence electrons. The highest BCUT2D eigenvalue weighted by atomic mass is 35.5. The molecule has 2 aromatic carbocycles. The predicted molar refractivity (Wildman–Crippen MR) is 116 cm³/mol. The van der Waals surface area contributed by atoms with E-state index >= 15 is 0 Å². The van der Waals surface area contributed by atoms with Gasteiger partial charge in [-0.25, -0.2) is 13.2 Å². The molecule has 1 atom stereocenters. The molecule has 0 spiro atoms. The Morgan fingerprint density at radius 3 is 2.33 bits per heavy atom. The number of amides is 1. The topological polar surface area (TPSA) is 102 Å². The Hall–Kier alpha value is -2.78. The van der Waals surface area contributed by atoms with Crippen molar-refractivity contribution in [3.63, 3.8) is 0 Å². The second-order valence-corrected chi connectivity index (χ2v) is 8.83. The number of hydrogen-bond acceptors (Lipinski definition) is 6. The number of hydrogen-bond donors (Lipinski definition) is 1. The lowest BCUT2D eigenvalue weighted by Crippen LogP contribution is -2.45. The summed E-state index contributed by atoms with van der Waals surface area (Å²) in [6, 6.07) is 8.02. The molecule has 1 amide bonds. The number of anilines is 2. The van der Waals surface area contributed by atoms with Crippen LogP contribution in [0.3, 0.4) is 0 Å². The van der Waals surface area contributed by atoms with Crippen LogP contribution in [0.1, 0.15) is 22.8 Å². The maximum atomic E-state index is 12.9. The van der Waals surface area contributed by atoms with E-state index in [1.165, 1.54) is 45.4 Å². The molecule has 0 aromatic heterocycles. The summed E-state index contributed by atoms with van der Waals surface area (Å²) in [5.74, 6) is -0.761. The molecule has 30 heavy (non-hydrogen) atoms. The van der Waals surface area contributed by atoms with Gasteiger partial charge in [0, 0.05) is 5.69 Å². The number of carbonyl (C=O) groups excluding carboxylic acids is 2. The van der Waals surface area contributed by atoms with E-state index in [2.05, 4.69) is 5.32 Å². The third kappa shape index (κ3) is 5.22. The summed E-state index contributed by atoms with van der Waals surface area (Å²) in [5.41, 5.74) is 1.54. The maximum Gasteiger partial charge on any atom is 0.337 e. The first-order chi connectivity index (χ1) is 14.0. The van der Waals surface area contributed by atoms with Crippen molar-refractivity contribution in [1.82, 2.24) is 0 Å². The number of aryl methyl sites for hydroxylation is 1. The Kier molecular flexibility index (Phi) is 7.33. The molecule has 0 fully saturated rings.